The molecule has 0 aliphatic carbocycles. The maximum atomic E-state index is 12.0. The second-order valence-electron chi connectivity index (χ2n) is 6.54. The van der Waals surface area contributed by atoms with E-state index in [1.54, 1.807) is 0 Å². The van der Waals surface area contributed by atoms with Crippen molar-refractivity contribution in [2.75, 3.05) is 19.6 Å². The number of rotatable bonds is 4. The van der Waals surface area contributed by atoms with Crippen molar-refractivity contribution in [3.63, 3.8) is 0 Å². The van der Waals surface area contributed by atoms with Gasteiger partial charge in [0.15, 0.2) is 0 Å². The first-order valence-corrected chi connectivity index (χ1v) is 8.61. The topological polar surface area (TPSA) is 44.4 Å². The number of hydrogen-bond acceptors (Lipinski definition) is 3. The Morgan fingerprint density at radius 3 is 2.64 bits per heavy atom. The summed E-state index contributed by atoms with van der Waals surface area (Å²) in [7, 11) is 0. The summed E-state index contributed by atoms with van der Waals surface area (Å²) >= 11 is 0. The van der Waals surface area contributed by atoms with Crippen LogP contribution in [-0.4, -0.2) is 42.5 Å². The molecule has 1 aromatic carbocycles. The molecule has 2 fully saturated rings. The van der Waals surface area contributed by atoms with Crippen LogP contribution in [0.4, 0.5) is 0 Å². The number of benzene rings is 1. The molecule has 1 aromatic rings. The second-order valence-corrected chi connectivity index (χ2v) is 6.54. The molecule has 0 radical (unpaired) electrons. The van der Waals surface area contributed by atoms with Crippen LogP contribution in [0.3, 0.4) is 0 Å². The Balaban J connectivity index is 1.44. The number of nitrogens with zero attached hydrogens (tertiary/aromatic N) is 1. The summed E-state index contributed by atoms with van der Waals surface area (Å²) in [5, 5.41) is 6.61. The zero-order chi connectivity index (χ0) is 15.2. The fourth-order valence-electron chi connectivity index (χ4n) is 3.48. The van der Waals surface area contributed by atoms with E-state index in [4.69, 9.17) is 0 Å². The molecule has 0 bridgehead atoms. The third kappa shape index (κ3) is 4.31. The number of carbonyl (C=O) groups excluding carboxylic acids is 1. The van der Waals surface area contributed by atoms with Crippen molar-refractivity contribution in [2.24, 2.45) is 0 Å². The molecular weight excluding hydrogens is 274 g/mol. The Labute approximate surface area is 133 Å². The van der Waals surface area contributed by atoms with Crippen LogP contribution < -0.4 is 10.6 Å². The summed E-state index contributed by atoms with van der Waals surface area (Å²) in [5.74, 6) is 0.198. The highest BCUT2D eigenvalue weighted by atomic mass is 16.2. The minimum absolute atomic E-state index is 0.0215. The predicted octanol–water partition coefficient (Wildman–Crippen LogP) is 1.91. The predicted molar refractivity (Wildman–Crippen MR) is 88.5 cm³/mol. The van der Waals surface area contributed by atoms with Crippen molar-refractivity contribution in [3.8, 4) is 0 Å². The van der Waals surface area contributed by atoms with E-state index in [9.17, 15) is 4.79 Å². The molecule has 2 saturated heterocycles. The Kier molecular flexibility index (Phi) is 5.46. The van der Waals surface area contributed by atoms with Gasteiger partial charge < -0.3 is 10.6 Å². The molecule has 2 N–H and O–H groups in total. The van der Waals surface area contributed by atoms with Gasteiger partial charge in [-0.2, -0.15) is 0 Å². The van der Waals surface area contributed by atoms with E-state index in [1.807, 2.05) is 0 Å². The Morgan fingerprint density at radius 1 is 1.09 bits per heavy atom. The smallest absolute Gasteiger partial charge is 0.237 e. The van der Waals surface area contributed by atoms with Gasteiger partial charge in [-0.1, -0.05) is 30.3 Å². The van der Waals surface area contributed by atoms with Crippen LogP contribution in [0.2, 0.25) is 0 Å². The number of nitrogens with one attached hydrogen (secondary N) is 2. The van der Waals surface area contributed by atoms with Crippen LogP contribution in [0.5, 0.6) is 0 Å². The largest absolute Gasteiger partial charge is 0.355 e. The summed E-state index contributed by atoms with van der Waals surface area (Å²) in [4.78, 5) is 14.5. The fourth-order valence-corrected chi connectivity index (χ4v) is 3.48. The van der Waals surface area contributed by atoms with Crippen molar-refractivity contribution >= 4 is 5.91 Å². The van der Waals surface area contributed by atoms with E-state index in [2.05, 4.69) is 45.9 Å². The minimum atomic E-state index is 0.0215. The Bertz CT molecular complexity index is 468. The SMILES string of the molecule is O=C1NCCCCC1NC1CCN(Cc2ccccc2)CC1. The van der Waals surface area contributed by atoms with E-state index < -0.39 is 0 Å². The summed E-state index contributed by atoms with van der Waals surface area (Å²) in [6.45, 7) is 4.10. The van der Waals surface area contributed by atoms with Crippen LogP contribution in [0.1, 0.15) is 37.7 Å². The van der Waals surface area contributed by atoms with Crippen molar-refractivity contribution in [1.29, 1.82) is 0 Å². The normalized spacial score (nSPS) is 24.7. The maximum absolute atomic E-state index is 12.0. The summed E-state index contributed by atoms with van der Waals surface area (Å²) in [6, 6.07) is 11.2. The molecule has 0 saturated carbocycles. The third-order valence-electron chi connectivity index (χ3n) is 4.81. The van der Waals surface area contributed by atoms with Crippen LogP contribution in [0, 0.1) is 0 Å². The van der Waals surface area contributed by atoms with Gasteiger partial charge in [0.05, 0.1) is 6.04 Å². The molecule has 2 aliphatic heterocycles. The zero-order valence-corrected chi connectivity index (χ0v) is 13.3. The lowest BCUT2D eigenvalue weighted by atomic mass is 10.0. The van der Waals surface area contributed by atoms with Crippen molar-refractivity contribution < 1.29 is 4.79 Å². The van der Waals surface area contributed by atoms with Gasteiger partial charge in [-0.05, 0) is 50.8 Å². The average Bonchev–Trinajstić information content (AvgIpc) is 2.75. The van der Waals surface area contributed by atoms with Crippen LogP contribution >= 0.6 is 0 Å². The highest BCUT2D eigenvalue weighted by molar-refractivity contribution is 5.81. The van der Waals surface area contributed by atoms with E-state index in [0.29, 0.717) is 6.04 Å². The summed E-state index contributed by atoms with van der Waals surface area (Å²) in [5.41, 5.74) is 1.39. The molecule has 2 heterocycles. The van der Waals surface area contributed by atoms with Crippen LogP contribution in [-0.2, 0) is 11.3 Å². The molecule has 3 rings (SSSR count). The molecule has 2 aliphatic rings. The number of carbonyl (C=O) groups is 1. The average molecular weight is 301 g/mol. The standard InChI is InChI=1S/C18H27N3O/c22-18-17(8-4-5-11-19-18)20-16-9-12-21(13-10-16)14-15-6-2-1-3-7-15/h1-3,6-7,16-17,20H,4-5,8-14H2,(H,19,22). The molecule has 120 valence electrons. The van der Waals surface area contributed by atoms with Crippen molar-refractivity contribution in [1.82, 2.24) is 15.5 Å². The fraction of sp³-hybridized carbons (Fsp3) is 0.611. The van der Waals surface area contributed by atoms with Gasteiger partial charge in [-0.25, -0.2) is 0 Å². The molecule has 0 spiro atoms. The third-order valence-corrected chi connectivity index (χ3v) is 4.81. The van der Waals surface area contributed by atoms with Crippen molar-refractivity contribution in [3.05, 3.63) is 35.9 Å². The Hall–Kier alpha value is -1.39. The second kappa shape index (κ2) is 7.75. The molecule has 0 aromatic heterocycles. The van der Waals surface area contributed by atoms with Gasteiger partial charge in [0.2, 0.25) is 5.91 Å². The van der Waals surface area contributed by atoms with E-state index in [0.717, 1.165) is 58.3 Å². The van der Waals surface area contributed by atoms with Gasteiger partial charge in [0.1, 0.15) is 0 Å². The van der Waals surface area contributed by atoms with Gasteiger partial charge in [0.25, 0.3) is 0 Å². The first kappa shape index (κ1) is 15.5. The monoisotopic (exact) mass is 301 g/mol. The molecule has 1 unspecified atom stereocenters. The van der Waals surface area contributed by atoms with Crippen LogP contribution in [0.15, 0.2) is 30.3 Å². The lowest BCUT2D eigenvalue weighted by Crippen LogP contribution is -2.50. The number of hydrogen-bond donors (Lipinski definition) is 2. The lowest BCUT2D eigenvalue weighted by molar-refractivity contribution is -0.123. The summed E-state index contributed by atoms with van der Waals surface area (Å²) < 4.78 is 0. The first-order valence-electron chi connectivity index (χ1n) is 8.61. The summed E-state index contributed by atoms with van der Waals surface area (Å²) in [6.07, 6.45) is 5.51. The Morgan fingerprint density at radius 2 is 1.86 bits per heavy atom. The highest BCUT2D eigenvalue weighted by Gasteiger charge is 2.26. The lowest BCUT2D eigenvalue weighted by Gasteiger charge is -2.34. The van der Waals surface area contributed by atoms with Gasteiger partial charge >= 0.3 is 0 Å². The first-order chi connectivity index (χ1) is 10.8. The molecular formula is C18H27N3O. The van der Waals surface area contributed by atoms with Gasteiger partial charge in [-0.15, -0.1) is 0 Å². The quantitative estimate of drug-likeness (QED) is 0.893. The van der Waals surface area contributed by atoms with Gasteiger partial charge in [0, 0.05) is 19.1 Å². The molecule has 4 heteroatoms. The molecule has 1 amide bonds. The van der Waals surface area contributed by atoms with E-state index in [-0.39, 0.29) is 11.9 Å². The minimum Gasteiger partial charge on any atom is -0.355 e. The zero-order valence-electron chi connectivity index (χ0n) is 13.3. The molecule has 4 nitrogen and oxygen atoms in total. The molecule has 1 atom stereocenters. The highest BCUT2D eigenvalue weighted by Crippen LogP contribution is 2.16. The van der Waals surface area contributed by atoms with Gasteiger partial charge in [-0.3, -0.25) is 9.69 Å². The van der Waals surface area contributed by atoms with Crippen LogP contribution in [0.25, 0.3) is 0 Å². The number of likely N-dealkylation sites (tertiary alicyclic amines) is 1. The van der Waals surface area contributed by atoms with E-state index >= 15 is 0 Å². The van der Waals surface area contributed by atoms with E-state index in [1.165, 1.54) is 5.56 Å². The number of amides is 1. The molecule has 22 heavy (non-hydrogen) atoms. The van der Waals surface area contributed by atoms with Crippen molar-refractivity contribution in [2.45, 2.75) is 50.7 Å². The number of piperidine rings is 1. The maximum Gasteiger partial charge on any atom is 0.237 e.